The summed E-state index contributed by atoms with van der Waals surface area (Å²) in [5.41, 5.74) is 11.7. The van der Waals surface area contributed by atoms with Crippen LogP contribution in [0.15, 0.2) is 24.3 Å². The van der Waals surface area contributed by atoms with Gasteiger partial charge in [-0.05, 0) is 68.3 Å². The molecule has 1 fully saturated rings. The third kappa shape index (κ3) is 7.32. The van der Waals surface area contributed by atoms with Gasteiger partial charge >= 0.3 is 0 Å². The van der Waals surface area contributed by atoms with Gasteiger partial charge in [-0.2, -0.15) is 0 Å². The largest absolute Gasteiger partial charge is 0.491 e. The van der Waals surface area contributed by atoms with Crippen LogP contribution >= 0.6 is 0 Å². The number of anilines is 1. The summed E-state index contributed by atoms with van der Waals surface area (Å²) in [4.78, 5) is 0. The summed E-state index contributed by atoms with van der Waals surface area (Å²) in [6, 6.07) is 7.05. The van der Waals surface area contributed by atoms with Crippen molar-refractivity contribution in [3.8, 4) is 5.75 Å². The van der Waals surface area contributed by atoms with Crippen LogP contribution in [0.3, 0.4) is 0 Å². The third-order valence-electron chi connectivity index (χ3n) is 3.80. The minimum atomic E-state index is 0.0321. The number of nitrogens with two attached hydrogens (primary N) is 2. The molecule has 5 heteroatoms. The highest BCUT2D eigenvalue weighted by molar-refractivity contribution is 5.41. The topological polar surface area (TPSA) is 102 Å². The van der Waals surface area contributed by atoms with Gasteiger partial charge in [0.1, 0.15) is 12.4 Å². The van der Waals surface area contributed by atoms with E-state index in [-0.39, 0.29) is 6.61 Å². The predicted octanol–water partition coefficient (Wildman–Crippen LogP) is 1.38. The summed E-state index contributed by atoms with van der Waals surface area (Å²) >= 11 is 0. The first-order valence-corrected chi connectivity index (χ1v) is 7.59. The first kappa shape index (κ1) is 17.8. The molecule has 0 aromatic heterocycles. The molecule has 1 aromatic rings. The van der Waals surface area contributed by atoms with E-state index < -0.39 is 0 Å². The van der Waals surface area contributed by atoms with Crippen LogP contribution in [-0.2, 0) is 0 Å². The van der Waals surface area contributed by atoms with E-state index in [1.54, 1.807) is 24.3 Å². The van der Waals surface area contributed by atoms with Crippen molar-refractivity contribution in [2.75, 3.05) is 32.1 Å². The predicted molar refractivity (Wildman–Crippen MR) is 85.0 cm³/mol. The Labute approximate surface area is 126 Å². The van der Waals surface area contributed by atoms with Gasteiger partial charge < -0.3 is 26.4 Å². The fourth-order valence-corrected chi connectivity index (χ4v) is 2.38. The van der Waals surface area contributed by atoms with Crippen molar-refractivity contribution < 1.29 is 14.9 Å². The van der Waals surface area contributed by atoms with Gasteiger partial charge in [0, 0.05) is 12.3 Å². The molecule has 1 saturated carbocycles. The minimum absolute atomic E-state index is 0.0321. The van der Waals surface area contributed by atoms with Crippen LogP contribution in [0.5, 0.6) is 5.75 Å². The summed E-state index contributed by atoms with van der Waals surface area (Å²) < 4.78 is 5.10. The second-order valence-electron chi connectivity index (χ2n) is 5.45. The van der Waals surface area contributed by atoms with Crippen LogP contribution in [-0.4, -0.2) is 36.6 Å². The highest BCUT2D eigenvalue weighted by atomic mass is 16.5. The van der Waals surface area contributed by atoms with Crippen molar-refractivity contribution in [2.24, 2.45) is 17.6 Å². The first-order chi connectivity index (χ1) is 10.2. The maximum absolute atomic E-state index is 8.82. The van der Waals surface area contributed by atoms with E-state index in [1.165, 1.54) is 25.7 Å². The Morgan fingerprint density at radius 3 is 2.05 bits per heavy atom. The Hall–Kier alpha value is -1.30. The first-order valence-electron chi connectivity index (χ1n) is 7.59. The van der Waals surface area contributed by atoms with Crippen molar-refractivity contribution in [2.45, 2.75) is 25.7 Å². The molecule has 0 saturated heterocycles. The molecule has 0 heterocycles. The van der Waals surface area contributed by atoms with E-state index >= 15 is 0 Å². The maximum atomic E-state index is 8.82. The number of hydrogen-bond acceptors (Lipinski definition) is 5. The zero-order chi connectivity index (χ0) is 15.5. The Kier molecular flexibility index (Phi) is 8.82. The number of nitrogen functional groups attached to an aromatic ring is 1. The van der Waals surface area contributed by atoms with Crippen LogP contribution in [0.4, 0.5) is 5.69 Å². The maximum Gasteiger partial charge on any atom is 0.119 e. The molecule has 120 valence electrons. The zero-order valence-electron chi connectivity index (χ0n) is 12.6. The van der Waals surface area contributed by atoms with Gasteiger partial charge in [0.15, 0.2) is 0 Å². The van der Waals surface area contributed by atoms with Gasteiger partial charge in [-0.1, -0.05) is 0 Å². The van der Waals surface area contributed by atoms with E-state index in [2.05, 4.69) is 0 Å². The van der Waals surface area contributed by atoms with Crippen molar-refractivity contribution in [3.63, 3.8) is 0 Å². The molecule has 21 heavy (non-hydrogen) atoms. The molecule has 1 aliphatic carbocycles. The van der Waals surface area contributed by atoms with Crippen LogP contribution in [0, 0.1) is 11.8 Å². The van der Waals surface area contributed by atoms with Crippen LogP contribution in [0.1, 0.15) is 25.7 Å². The second-order valence-corrected chi connectivity index (χ2v) is 5.45. The average Bonchev–Trinajstić information content (AvgIpc) is 2.55. The molecule has 0 amide bonds. The van der Waals surface area contributed by atoms with Gasteiger partial charge in [-0.3, -0.25) is 0 Å². The minimum Gasteiger partial charge on any atom is -0.491 e. The lowest BCUT2D eigenvalue weighted by Gasteiger charge is -2.25. The SMILES string of the molecule is NCC1CCC(CO)CC1.Nc1ccc(OCCO)cc1. The average molecular weight is 296 g/mol. The second kappa shape index (κ2) is 10.4. The fraction of sp³-hybridized carbons (Fsp3) is 0.625. The lowest BCUT2D eigenvalue weighted by Crippen LogP contribution is -2.22. The summed E-state index contributed by atoms with van der Waals surface area (Å²) in [6.07, 6.45) is 4.81. The monoisotopic (exact) mass is 296 g/mol. The molecule has 0 radical (unpaired) electrons. The molecule has 0 bridgehead atoms. The highest BCUT2D eigenvalue weighted by Gasteiger charge is 2.18. The Morgan fingerprint density at radius 2 is 1.57 bits per heavy atom. The Balaban J connectivity index is 0.000000211. The van der Waals surface area contributed by atoms with E-state index in [1.807, 2.05) is 0 Å². The van der Waals surface area contributed by atoms with Gasteiger partial charge in [-0.25, -0.2) is 0 Å². The number of aliphatic hydroxyl groups excluding tert-OH is 2. The van der Waals surface area contributed by atoms with Crippen molar-refractivity contribution >= 4 is 5.69 Å². The zero-order valence-corrected chi connectivity index (χ0v) is 12.6. The van der Waals surface area contributed by atoms with Crippen molar-refractivity contribution in [1.29, 1.82) is 0 Å². The van der Waals surface area contributed by atoms with E-state index in [4.69, 9.17) is 26.4 Å². The molecule has 5 nitrogen and oxygen atoms in total. The molecule has 6 N–H and O–H groups in total. The Morgan fingerprint density at radius 1 is 1.00 bits per heavy atom. The smallest absolute Gasteiger partial charge is 0.119 e. The number of aliphatic hydroxyl groups is 2. The molecule has 0 aliphatic heterocycles. The molecular weight excluding hydrogens is 268 g/mol. The van der Waals surface area contributed by atoms with E-state index in [9.17, 15) is 0 Å². The van der Waals surface area contributed by atoms with Crippen molar-refractivity contribution in [1.82, 2.24) is 0 Å². The number of ether oxygens (including phenoxy) is 1. The number of benzene rings is 1. The molecule has 0 atom stereocenters. The summed E-state index contributed by atoms with van der Waals surface area (Å²) in [7, 11) is 0. The van der Waals surface area contributed by atoms with Gasteiger partial charge in [0.2, 0.25) is 0 Å². The Bertz CT molecular complexity index is 350. The molecule has 1 aromatic carbocycles. The van der Waals surface area contributed by atoms with Crippen LogP contribution in [0.25, 0.3) is 0 Å². The standard InChI is InChI=1S/C8H11NO2.C8H17NO/c9-7-1-3-8(4-2-7)11-6-5-10;9-5-7-1-3-8(6-10)4-2-7/h1-4,10H,5-6,9H2;7-8,10H,1-6,9H2. The molecule has 1 aliphatic rings. The van der Waals surface area contributed by atoms with Crippen molar-refractivity contribution in [3.05, 3.63) is 24.3 Å². The molecule has 0 unspecified atom stereocenters. The van der Waals surface area contributed by atoms with Crippen LogP contribution < -0.4 is 16.2 Å². The highest BCUT2D eigenvalue weighted by Crippen LogP contribution is 2.27. The summed E-state index contributed by atoms with van der Waals surface area (Å²) in [5.74, 6) is 2.04. The van der Waals surface area contributed by atoms with E-state index in [0.29, 0.717) is 24.8 Å². The quantitative estimate of drug-likeness (QED) is 0.615. The summed E-state index contributed by atoms with van der Waals surface area (Å²) in [6.45, 7) is 1.56. The molecule has 0 spiro atoms. The lowest BCUT2D eigenvalue weighted by molar-refractivity contribution is 0.169. The number of rotatable bonds is 5. The normalized spacial score (nSPS) is 21.3. The summed E-state index contributed by atoms with van der Waals surface area (Å²) in [5, 5.41) is 17.3. The van der Waals surface area contributed by atoms with Crippen LogP contribution in [0.2, 0.25) is 0 Å². The number of hydrogen-bond donors (Lipinski definition) is 4. The van der Waals surface area contributed by atoms with Gasteiger partial charge in [0.05, 0.1) is 6.61 Å². The van der Waals surface area contributed by atoms with Gasteiger partial charge in [-0.15, -0.1) is 0 Å². The molecular formula is C16H28N2O3. The molecule has 2 rings (SSSR count). The van der Waals surface area contributed by atoms with Gasteiger partial charge in [0.25, 0.3) is 0 Å². The third-order valence-corrected chi connectivity index (χ3v) is 3.80. The fourth-order valence-electron chi connectivity index (χ4n) is 2.38. The van der Waals surface area contributed by atoms with E-state index in [0.717, 1.165) is 18.2 Å². The lowest BCUT2D eigenvalue weighted by atomic mass is 9.82.